The van der Waals surface area contributed by atoms with Crippen LogP contribution in [-0.2, 0) is 0 Å². The Kier molecular flexibility index (Phi) is 4.39. The Morgan fingerprint density at radius 1 is 0.870 bits per heavy atom. The molecule has 0 atom stereocenters. The SMILES string of the molecule is Cc1ccc(O)c(/C(=N/Nc2ccccc2)c2ccccc2)c1. The third-order valence-corrected chi connectivity index (χ3v) is 3.52. The normalized spacial score (nSPS) is 11.3. The zero-order valence-electron chi connectivity index (χ0n) is 12.9. The minimum atomic E-state index is 0.216. The monoisotopic (exact) mass is 302 g/mol. The van der Waals surface area contributed by atoms with Gasteiger partial charge in [0.05, 0.1) is 5.69 Å². The third kappa shape index (κ3) is 3.58. The fourth-order valence-corrected chi connectivity index (χ4v) is 2.35. The Bertz CT molecular complexity index is 812. The van der Waals surface area contributed by atoms with Crippen LogP contribution in [0.15, 0.2) is 84.0 Å². The van der Waals surface area contributed by atoms with Gasteiger partial charge in [-0.05, 0) is 31.2 Å². The number of hydrogen-bond acceptors (Lipinski definition) is 3. The highest BCUT2D eigenvalue weighted by Gasteiger charge is 2.12. The summed E-state index contributed by atoms with van der Waals surface area (Å²) in [5, 5.41) is 14.8. The molecule has 3 rings (SSSR count). The van der Waals surface area contributed by atoms with Crippen LogP contribution in [0.2, 0.25) is 0 Å². The number of nitrogens with one attached hydrogen (secondary N) is 1. The maximum atomic E-state index is 10.3. The summed E-state index contributed by atoms with van der Waals surface area (Å²) in [6.45, 7) is 2.00. The first-order valence-electron chi connectivity index (χ1n) is 7.48. The Morgan fingerprint density at radius 2 is 1.52 bits per heavy atom. The topological polar surface area (TPSA) is 44.6 Å². The quantitative estimate of drug-likeness (QED) is 0.548. The minimum absolute atomic E-state index is 0.216. The molecular formula is C20H18N2O. The number of para-hydroxylation sites is 1. The van der Waals surface area contributed by atoms with Crippen molar-refractivity contribution in [3.63, 3.8) is 0 Å². The van der Waals surface area contributed by atoms with Gasteiger partial charge in [0.1, 0.15) is 11.5 Å². The van der Waals surface area contributed by atoms with Crippen molar-refractivity contribution in [2.24, 2.45) is 5.10 Å². The van der Waals surface area contributed by atoms with E-state index in [0.29, 0.717) is 11.3 Å². The number of aryl methyl sites for hydroxylation is 1. The standard InChI is InChI=1S/C20H18N2O/c1-15-12-13-19(23)18(14-15)20(16-8-4-2-5-9-16)22-21-17-10-6-3-7-11-17/h2-14,21,23H,1H3/b22-20+. The highest BCUT2D eigenvalue weighted by Crippen LogP contribution is 2.23. The number of hydrogen-bond donors (Lipinski definition) is 2. The fraction of sp³-hybridized carbons (Fsp3) is 0.0500. The smallest absolute Gasteiger partial charge is 0.125 e. The second-order valence-electron chi connectivity index (χ2n) is 5.32. The molecule has 0 aliphatic heterocycles. The fourth-order valence-electron chi connectivity index (χ4n) is 2.35. The lowest BCUT2D eigenvalue weighted by atomic mass is 10.00. The first-order valence-corrected chi connectivity index (χ1v) is 7.48. The molecule has 0 unspecified atom stereocenters. The molecule has 3 heteroatoms. The van der Waals surface area contributed by atoms with Gasteiger partial charge in [-0.3, -0.25) is 5.43 Å². The van der Waals surface area contributed by atoms with Crippen molar-refractivity contribution in [2.75, 3.05) is 5.43 Å². The minimum Gasteiger partial charge on any atom is -0.507 e. The Hall–Kier alpha value is -3.07. The summed E-state index contributed by atoms with van der Waals surface area (Å²) >= 11 is 0. The lowest BCUT2D eigenvalue weighted by Gasteiger charge is -2.11. The molecule has 3 nitrogen and oxygen atoms in total. The molecular weight excluding hydrogens is 284 g/mol. The van der Waals surface area contributed by atoms with Gasteiger partial charge in [-0.2, -0.15) is 5.10 Å². The van der Waals surface area contributed by atoms with Gasteiger partial charge < -0.3 is 5.11 Å². The van der Waals surface area contributed by atoms with Crippen molar-refractivity contribution in [1.82, 2.24) is 0 Å². The summed E-state index contributed by atoms with van der Waals surface area (Å²) in [6.07, 6.45) is 0. The molecule has 3 aromatic carbocycles. The molecule has 0 aromatic heterocycles. The van der Waals surface area contributed by atoms with Gasteiger partial charge in [-0.25, -0.2) is 0 Å². The number of aromatic hydroxyl groups is 1. The van der Waals surface area contributed by atoms with Gasteiger partial charge in [0.15, 0.2) is 0 Å². The lowest BCUT2D eigenvalue weighted by Crippen LogP contribution is -2.07. The van der Waals surface area contributed by atoms with E-state index in [4.69, 9.17) is 0 Å². The van der Waals surface area contributed by atoms with Crippen molar-refractivity contribution in [1.29, 1.82) is 0 Å². The van der Waals surface area contributed by atoms with Gasteiger partial charge in [-0.15, -0.1) is 0 Å². The van der Waals surface area contributed by atoms with Crippen molar-refractivity contribution in [3.05, 3.63) is 95.6 Å². The van der Waals surface area contributed by atoms with Crippen molar-refractivity contribution < 1.29 is 5.11 Å². The van der Waals surface area contributed by atoms with Crippen LogP contribution in [0.5, 0.6) is 5.75 Å². The van der Waals surface area contributed by atoms with Crippen molar-refractivity contribution in [3.8, 4) is 5.75 Å². The van der Waals surface area contributed by atoms with Crippen LogP contribution in [0.1, 0.15) is 16.7 Å². The molecule has 0 spiro atoms. The molecule has 0 amide bonds. The Balaban J connectivity index is 2.05. The summed E-state index contributed by atoms with van der Waals surface area (Å²) in [7, 11) is 0. The number of rotatable bonds is 4. The predicted molar refractivity (Wildman–Crippen MR) is 95.0 cm³/mol. The van der Waals surface area contributed by atoms with E-state index in [0.717, 1.165) is 16.8 Å². The zero-order chi connectivity index (χ0) is 16.1. The van der Waals surface area contributed by atoms with Crippen LogP contribution in [-0.4, -0.2) is 10.8 Å². The van der Waals surface area contributed by atoms with Gasteiger partial charge in [-0.1, -0.05) is 60.2 Å². The highest BCUT2D eigenvalue weighted by molar-refractivity contribution is 6.14. The summed E-state index contributed by atoms with van der Waals surface area (Å²) in [5.74, 6) is 0.216. The van der Waals surface area contributed by atoms with E-state index in [1.807, 2.05) is 79.7 Å². The molecule has 114 valence electrons. The maximum absolute atomic E-state index is 10.3. The molecule has 0 fully saturated rings. The van der Waals surface area contributed by atoms with Gasteiger partial charge >= 0.3 is 0 Å². The summed E-state index contributed by atoms with van der Waals surface area (Å²) in [6, 6.07) is 25.1. The number of hydrazone groups is 1. The molecule has 0 heterocycles. The predicted octanol–water partition coefficient (Wildman–Crippen LogP) is 4.57. The maximum Gasteiger partial charge on any atom is 0.125 e. The third-order valence-electron chi connectivity index (χ3n) is 3.52. The zero-order valence-corrected chi connectivity index (χ0v) is 12.9. The molecule has 0 bridgehead atoms. The average Bonchev–Trinajstić information content (AvgIpc) is 2.60. The highest BCUT2D eigenvalue weighted by atomic mass is 16.3. The number of phenols is 1. The van der Waals surface area contributed by atoms with Gasteiger partial charge in [0, 0.05) is 11.1 Å². The van der Waals surface area contributed by atoms with E-state index < -0.39 is 0 Å². The average molecular weight is 302 g/mol. The van der Waals surface area contributed by atoms with Crippen molar-refractivity contribution >= 4 is 11.4 Å². The Morgan fingerprint density at radius 3 is 2.22 bits per heavy atom. The summed E-state index contributed by atoms with van der Waals surface area (Å²) in [4.78, 5) is 0. The molecule has 2 N–H and O–H groups in total. The van der Waals surface area contributed by atoms with E-state index in [1.54, 1.807) is 6.07 Å². The molecule has 3 aromatic rings. The van der Waals surface area contributed by atoms with Crippen LogP contribution < -0.4 is 5.43 Å². The van der Waals surface area contributed by atoms with E-state index in [-0.39, 0.29) is 5.75 Å². The van der Waals surface area contributed by atoms with Crippen molar-refractivity contribution in [2.45, 2.75) is 6.92 Å². The number of anilines is 1. The first kappa shape index (κ1) is 14.9. The molecule has 0 saturated heterocycles. The second kappa shape index (κ2) is 6.79. The molecule has 0 aliphatic carbocycles. The van der Waals surface area contributed by atoms with Crippen LogP contribution in [0.4, 0.5) is 5.69 Å². The van der Waals surface area contributed by atoms with Crippen LogP contribution in [0.3, 0.4) is 0 Å². The molecule has 0 saturated carbocycles. The number of phenolic OH excluding ortho intramolecular Hbond substituents is 1. The molecule has 23 heavy (non-hydrogen) atoms. The molecule has 0 aliphatic rings. The van der Waals surface area contributed by atoms with Gasteiger partial charge in [0.25, 0.3) is 0 Å². The lowest BCUT2D eigenvalue weighted by molar-refractivity contribution is 0.474. The number of nitrogens with zero attached hydrogens (tertiary/aromatic N) is 1. The largest absolute Gasteiger partial charge is 0.507 e. The van der Waals surface area contributed by atoms with E-state index >= 15 is 0 Å². The summed E-state index contributed by atoms with van der Waals surface area (Å²) < 4.78 is 0. The van der Waals surface area contributed by atoms with Crippen LogP contribution in [0, 0.1) is 6.92 Å². The second-order valence-corrected chi connectivity index (χ2v) is 5.32. The van der Waals surface area contributed by atoms with Crippen LogP contribution in [0.25, 0.3) is 0 Å². The molecule has 0 radical (unpaired) electrons. The summed E-state index contributed by atoms with van der Waals surface area (Å²) in [5.41, 5.74) is 7.39. The van der Waals surface area contributed by atoms with Crippen LogP contribution >= 0.6 is 0 Å². The van der Waals surface area contributed by atoms with E-state index in [2.05, 4.69) is 10.5 Å². The first-order chi connectivity index (χ1) is 11.2. The van der Waals surface area contributed by atoms with Gasteiger partial charge in [0.2, 0.25) is 0 Å². The van der Waals surface area contributed by atoms with E-state index in [9.17, 15) is 5.11 Å². The number of benzene rings is 3. The Labute approximate surface area is 135 Å². The van der Waals surface area contributed by atoms with E-state index in [1.165, 1.54) is 0 Å².